The number of hydrogen-bond donors (Lipinski definition) is 1. The first kappa shape index (κ1) is 18.8. The Morgan fingerprint density at radius 3 is 2.68 bits per heavy atom. The molecule has 5 heteroatoms. The lowest BCUT2D eigenvalue weighted by Gasteiger charge is -2.44. The van der Waals surface area contributed by atoms with E-state index in [2.05, 4.69) is 18.3 Å². The van der Waals surface area contributed by atoms with Gasteiger partial charge in [-0.25, -0.2) is 4.79 Å². The predicted molar refractivity (Wildman–Crippen MR) is 97.7 cm³/mol. The molecule has 2 aliphatic heterocycles. The molecule has 0 aromatic rings. The number of nitrogens with one attached hydrogen (secondary N) is 1. The molecule has 1 amide bonds. The average molecular weight is 349 g/mol. The third kappa shape index (κ3) is 4.05. The zero-order valence-electron chi connectivity index (χ0n) is 16.2. The highest BCUT2D eigenvalue weighted by Crippen LogP contribution is 2.38. The van der Waals surface area contributed by atoms with Gasteiger partial charge in [-0.2, -0.15) is 0 Å². The fourth-order valence-electron chi connectivity index (χ4n) is 4.22. The molecule has 0 aromatic heterocycles. The van der Waals surface area contributed by atoms with Crippen LogP contribution in [-0.2, 0) is 14.3 Å². The summed E-state index contributed by atoms with van der Waals surface area (Å²) in [5.74, 6) is 0.981. The van der Waals surface area contributed by atoms with Crippen molar-refractivity contribution in [2.75, 3.05) is 40.4 Å². The van der Waals surface area contributed by atoms with E-state index < -0.39 is 5.79 Å². The average Bonchev–Trinajstić information content (AvgIpc) is 2.57. The van der Waals surface area contributed by atoms with Crippen LogP contribution in [0, 0.1) is 17.8 Å². The Kier molecular flexibility index (Phi) is 5.22. The summed E-state index contributed by atoms with van der Waals surface area (Å²) in [6.45, 7) is 9.41. The van der Waals surface area contributed by atoms with Crippen molar-refractivity contribution in [3.8, 4) is 0 Å². The van der Waals surface area contributed by atoms with Crippen LogP contribution in [0.5, 0.6) is 0 Å². The molecule has 25 heavy (non-hydrogen) atoms. The highest BCUT2D eigenvalue weighted by Gasteiger charge is 2.47. The van der Waals surface area contributed by atoms with Crippen molar-refractivity contribution in [3.63, 3.8) is 0 Å². The van der Waals surface area contributed by atoms with E-state index in [4.69, 9.17) is 9.47 Å². The van der Waals surface area contributed by atoms with Crippen molar-refractivity contribution >= 4 is 5.91 Å². The van der Waals surface area contributed by atoms with E-state index >= 15 is 0 Å². The number of rotatable bonds is 4. The first-order chi connectivity index (χ1) is 11.7. The number of fused-ring (bicyclic) bond motifs is 1. The second-order valence-corrected chi connectivity index (χ2v) is 8.81. The predicted octanol–water partition coefficient (Wildman–Crippen LogP) is 2.10. The Labute approximate surface area is 151 Å². The van der Waals surface area contributed by atoms with Crippen LogP contribution < -0.4 is 5.32 Å². The largest absolute Gasteiger partial charge is 0.350 e. The fourth-order valence-corrected chi connectivity index (χ4v) is 4.22. The maximum atomic E-state index is 12.7. The van der Waals surface area contributed by atoms with E-state index in [1.807, 2.05) is 40.1 Å². The van der Waals surface area contributed by atoms with E-state index in [9.17, 15) is 4.79 Å². The first-order valence-corrected chi connectivity index (χ1v) is 9.45. The Bertz CT molecular complexity index is 569. The molecule has 2 saturated heterocycles. The summed E-state index contributed by atoms with van der Waals surface area (Å²) in [5, 5.41) is 3.70. The number of ether oxygens (including phenoxy) is 2. The summed E-state index contributed by atoms with van der Waals surface area (Å²) in [7, 11) is 4.06. The Balaban J connectivity index is 1.61. The van der Waals surface area contributed by atoms with Gasteiger partial charge in [-0.1, -0.05) is 12.2 Å². The highest BCUT2D eigenvalue weighted by atomic mass is 16.7. The zero-order chi connectivity index (χ0) is 18.2. The molecule has 0 saturated carbocycles. The molecule has 2 fully saturated rings. The molecule has 0 radical (unpaired) electrons. The summed E-state index contributed by atoms with van der Waals surface area (Å²) in [5.41, 5.74) is 1.00. The molecule has 0 bridgehead atoms. The maximum Gasteiger partial charge on any atom is 0.341 e. The normalized spacial score (nSPS) is 32.8. The van der Waals surface area contributed by atoms with Gasteiger partial charge in [0.1, 0.15) is 0 Å². The molecule has 3 atom stereocenters. The van der Waals surface area contributed by atoms with Crippen LogP contribution in [0.15, 0.2) is 23.8 Å². The van der Waals surface area contributed by atoms with Crippen LogP contribution in [0.3, 0.4) is 0 Å². The van der Waals surface area contributed by atoms with E-state index in [0.717, 1.165) is 38.3 Å². The van der Waals surface area contributed by atoms with E-state index in [0.29, 0.717) is 28.3 Å². The second kappa shape index (κ2) is 6.95. The zero-order valence-corrected chi connectivity index (χ0v) is 16.2. The summed E-state index contributed by atoms with van der Waals surface area (Å²) in [6.07, 6.45) is 7.22. The second-order valence-electron chi connectivity index (χ2n) is 8.81. The molecule has 1 aliphatic carbocycles. The third-order valence-electron chi connectivity index (χ3n) is 5.89. The maximum absolute atomic E-state index is 12.7. The van der Waals surface area contributed by atoms with Crippen molar-refractivity contribution in [2.24, 2.45) is 17.8 Å². The summed E-state index contributed by atoms with van der Waals surface area (Å²) in [4.78, 5) is 12.7. The monoisotopic (exact) mass is 349 g/mol. The molecule has 0 aromatic carbocycles. The highest BCUT2D eigenvalue weighted by molar-refractivity contribution is 5.90. The Morgan fingerprint density at radius 1 is 1.32 bits per heavy atom. The van der Waals surface area contributed by atoms with E-state index in [1.165, 1.54) is 0 Å². The molecule has 2 heterocycles. The quantitative estimate of drug-likeness (QED) is 0.790. The van der Waals surface area contributed by atoms with Crippen LogP contribution >= 0.6 is 0 Å². The van der Waals surface area contributed by atoms with Crippen LogP contribution in [-0.4, -0.2) is 62.6 Å². The minimum absolute atomic E-state index is 0.272. The topological polar surface area (TPSA) is 47.6 Å². The number of carbonyl (C=O) groups is 1. The molecule has 0 spiro atoms. The van der Waals surface area contributed by atoms with E-state index in [1.54, 1.807) is 0 Å². The molecular formula is C20H33N2O3+. The van der Waals surface area contributed by atoms with Crippen LogP contribution in [0.25, 0.3) is 0 Å². The minimum Gasteiger partial charge on any atom is -0.350 e. The number of piperidine rings is 1. The Hall–Kier alpha value is -1.01. The van der Waals surface area contributed by atoms with Gasteiger partial charge in [0.05, 0.1) is 39.4 Å². The molecule has 5 nitrogen and oxygen atoms in total. The first-order valence-electron chi connectivity index (χ1n) is 9.45. The number of nitrogens with zero attached hydrogens (tertiary/aromatic N) is 1. The SMILES string of the molecule is CC(NCC1COC(C)(C)OC1)C1C[N+](C)(C)C(=O)C2=CC=CCC21. The van der Waals surface area contributed by atoms with Crippen LogP contribution in [0.2, 0.25) is 0 Å². The Morgan fingerprint density at radius 2 is 2.00 bits per heavy atom. The van der Waals surface area contributed by atoms with Gasteiger partial charge in [0, 0.05) is 30.3 Å². The fraction of sp³-hybridized carbons (Fsp3) is 0.750. The van der Waals surface area contributed by atoms with Gasteiger partial charge in [-0.05, 0) is 33.3 Å². The number of quaternary nitrogens is 1. The van der Waals surface area contributed by atoms with Crippen LogP contribution in [0.4, 0.5) is 0 Å². The smallest absolute Gasteiger partial charge is 0.341 e. The number of likely N-dealkylation sites (N-methyl/N-ethyl adjacent to an activating group) is 1. The molecule has 3 unspecified atom stereocenters. The number of carbonyl (C=O) groups excluding carboxylic acids is 1. The summed E-state index contributed by atoms with van der Waals surface area (Å²) < 4.78 is 12.0. The number of hydrogen-bond acceptors (Lipinski definition) is 4. The van der Waals surface area contributed by atoms with Crippen molar-refractivity contribution in [1.82, 2.24) is 5.32 Å². The molecule has 3 rings (SSSR count). The summed E-state index contributed by atoms with van der Waals surface area (Å²) in [6, 6.07) is 0.348. The van der Waals surface area contributed by atoms with Crippen molar-refractivity contribution < 1.29 is 18.8 Å². The van der Waals surface area contributed by atoms with E-state index in [-0.39, 0.29) is 5.91 Å². The van der Waals surface area contributed by atoms with Gasteiger partial charge in [-0.15, -0.1) is 0 Å². The number of allylic oxidation sites excluding steroid dienone is 3. The van der Waals surface area contributed by atoms with Gasteiger partial charge in [-0.3, -0.25) is 4.48 Å². The molecule has 140 valence electrons. The van der Waals surface area contributed by atoms with Crippen molar-refractivity contribution in [1.29, 1.82) is 0 Å². The lowest BCUT2D eigenvalue weighted by molar-refractivity contribution is -0.819. The lowest BCUT2D eigenvalue weighted by Crippen LogP contribution is -2.60. The van der Waals surface area contributed by atoms with Gasteiger partial charge in [0.25, 0.3) is 0 Å². The van der Waals surface area contributed by atoms with Crippen LogP contribution in [0.1, 0.15) is 27.2 Å². The number of likely N-dealkylation sites (tertiary alicyclic amines) is 1. The van der Waals surface area contributed by atoms with Gasteiger partial charge in [0.15, 0.2) is 5.79 Å². The summed E-state index contributed by atoms with van der Waals surface area (Å²) >= 11 is 0. The standard InChI is InChI=1S/C20H33N2O3/c1-14(21-10-15-12-24-20(2,3)25-13-15)18-11-22(4,5)19(23)17-9-7-6-8-16(17)18/h6-7,9,14-16,18,21H,8,10-13H2,1-5H3/q+1. The number of amides is 1. The molecule has 1 N–H and O–H groups in total. The van der Waals surface area contributed by atoms with Gasteiger partial charge >= 0.3 is 5.91 Å². The third-order valence-corrected chi connectivity index (χ3v) is 5.89. The van der Waals surface area contributed by atoms with Crippen molar-refractivity contribution in [2.45, 2.75) is 39.0 Å². The van der Waals surface area contributed by atoms with Crippen molar-refractivity contribution in [3.05, 3.63) is 23.8 Å². The molecular weight excluding hydrogens is 316 g/mol. The van der Waals surface area contributed by atoms with Gasteiger partial charge in [0.2, 0.25) is 0 Å². The lowest BCUT2D eigenvalue weighted by atomic mass is 9.73. The van der Waals surface area contributed by atoms with Gasteiger partial charge < -0.3 is 14.8 Å². The molecule has 3 aliphatic rings. The minimum atomic E-state index is -0.457.